The number of esters is 1. The van der Waals surface area contributed by atoms with Gasteiger partial charge in [-0.25, -0.2) is 0 Å². The zero-order valence-electron chi connectivity index (χ0n) is 17.8. The molecule has 158 valence electrons. The van der Waals surface area contributed by atoms with Crippen molar-refractivity contribution in [1.29, 1.82) is 0 Å². The van der Waals surface area contributed by atoms with Crippen molar-refractivity contribution in [2.24, 2.45) is 23.7 Å². The Balaban J connectivity index is 1.55. The molecule has 2 aromatic carbocycles. The highest BCUT2D eigenvalue weighted by molar-refractivity contribution is 7.99. The summed E-state index contributed by atoms with van der Waals surface area (Å²) in [5.74, 6) is 3.81. The van der Waals surface area contributed by atoms with Gasteiger partial charge in [-0.15, -0.1) is 0 Å². The van der Waals surface area contributed by atoms with Crippen LogP contribution >= 0.6 is 11.8 Å². The predicted octanol–water partition coefficient (Wildman–Crippen LogP) is 6.45. The third-order valence-corrected chi connectivity index (χ3v) is 8.82. The van der Waals surface area contributed by atoms with E-state index >= 15 is 0 Å². The Morgan fingerprint density at radius 3 is 2.47 bits per heavy atom. The van der Waals surface area contributed by atoms with Crippen LogP contribution in [0.1, 0.15) is 51.5 Å². The Bertz CT molecular complexity index is 911. The van der Waals surface area contributed by atoms with Crippen LogP contribution in [-0.4, -0.2) is 12.8 Å². The summed E-state index contributed by atoms with van der Waals surface area (Å²) < 4.78 is 11.4. The summed E-state index contributed by atoms with van der Waals surface area (Å²) in [5, 5.41) is 0. The van der Waals surface area contributed by atoms with Crippen LogP contribution in [0, 0.1) is 23.7 Å². The average Bonchev–Trinajstić information content (AvgIpc) is 2.73. The van der Waals surface area contributed by atoms with Gasteiger partial charge in [-0.05, 0) is 74.0 Å². The maximum absolute atomic E-state index is 11.4. The number of rotatable bonds is 6. The zero-order chi connectivity index (χ0) is 20.7. The van der Waals surface area contributed by atoms with E-state index in [0.717, 1.165) is 28.4 Å². The van der Waals surface area contributed by atoms with Gasteiger partial charge in [0.2, 0.25) is 6.79 Å². The molecule has 4 saturated carbocycles. The maximum Gasteiger partial charge on any atom is 0.305 e. The summed E-state index contributed by atoms with van der Waals surface area (Å²) in [4.78, 5) is 13.7. The third kappa shape index (κ3) is 3.53. The van der Waals surface area contributed by atoms with Crippen molar-refractivity contribution in [2.75, 3.05) is 6.79 Å². The number of ether oxygens (including phenoxy) is 2. The molecule has 2 aromatic rings. The summed E-state index contributed by atoms with van der Waals surface area (Å²) >= 11 is 1.73. The molecule has 4 aliphatic rings. The first-order chi connectivity index (χ1) is 14.5. The first kappa shape index (κ1) is 20.0. The van der Waals surface area contributed by atoms with E-state index in [2.05, 4.69) is 49.4 Å². The quantitative estimate of drug-likeness (QED) is 0.396. The van der Waals surface area contributed by atoms with E-state index in [1.54, 1.807) is 11.8 Å². The number of carbonyl (C=O) groups excluding carboxylic acids is 1. The molecule has 0 heterocycles. The minimum Gasteiger partial charge on any atom is -0.456 e. The lowest BCUT2D eigenvalue weighted by Crippen LogP contribution is -2.54. The Kier molecular flexibility index (Phi) is 5.30. The first-order valence-corrected chi connectivity index (χ1v) is 12.0. The maximum atomic E-state index is 11.4. The molecular weight excluding hydrogens is 392 g/mol. The van der Waals surface area contributed by atoms with Crippen molar-refractivity contribution in [3.63, 3.8) is 0 Å². The first-order valence-electron chi connectivity index (χ1n) is 11.2. The van der Waals surface area contributed by atoms with Gasteiger partial charge in [0.15, 0.2) is 0 Å². The van der Waals surface area contributed by atoms with Crippen LogP contribution < -0.4 is 4.74 Å². The van der Waals surface area contributed by atoms with Crippen molar-refractivity contribution in [3.8, 4) is 5.75 Å². The molecule has 0 aromatic heterocycles. The summed E-state index contributed by atoms with van der Waals surface area (Å²) in [6.07, 6.45) is 6.76. The zero-order valence-corrected chi connectivity index (χ0v) is 18.6. The molecule has 3 nitrogen and oxygen atoms in total. The summed E-state index contributed by atoms with van der Waals surface area (Å²) in [7, 11) is 0. The molecule has 4 aliphatic carbocycles. The highest BCUT2D eigenvalue weighted by atomic mass is 32.2. The molecule has 0 N–H and O–H groups in total. The van der Waals surface area contributed by atoms with Gasteiger partial charge in [-0.2, -0.15) is 0 Å². The van der Waals surface area contributed by atoms with E-state index in [-0.39, 0.29) is 18.2 Å². The topological polar surface area (TPSA) is 35.5 Å². The van der Waals surface area contributed by atoms with Crippen molar-refractivity contribution < 1.29 is 14.3 Å². The van der Waals surface area contributed by atoms with Gasteiger partial charge in [0.1, 0.15) is 5.75 Å². The van der Waals surface area contributed by atoms with E-state index in [9.17, 15) is 4.79 Å². The number of carbonyl (C=O) groups is 1. The predicted molar refractivity (Wildman–Crippen MR) is 119 cm³/mol. The standard InChI is InChI=1S/C26H30O3S/c1-17-21-12-19-11-20(13-21)15-26(17,14-19)23-9-6-10-24(25(23)29-16-28-18(2)27)30-22-7-4-3-5-8-22/h3-10,17,19-21H,11-16H2,1-2H3. The molecule has 0 aliphatic heterocycles. The number of benzene rings is 2. The lowest BCUT2D eigenvalue weighted by Gasteiger charge is -2.61. The Morgan fingerprint density at radius 1 is 1.03 bits per heavy atom. The fraction of sp³-hybridized carbons (Fsp3) is 0.500. The van der Waals surface area contributed by atoms with Crippen molar-refractivity contribution in [1.82, 2.24) is 0 Å². The molecule has 0 radical (unpaired) electrons. The fourth-order valence-electron chi connectivity index (χ4n) is 6.68. The molecule has 4 bridgehead atoms. The van der Waals surface area contributed by atoms with Gasteiger partial charge >= 0.3 is 5.97 Å². The lowest BCUT2D eigenvalue weighted by molar-refractivity contribution is -0.147. The van der Waals surface area contributed by atoms with Gasteiger partial charge in [0.25, 0.3) is 0 Å². The molecule has 0 saturated heterocycles. The van der Waals surface area contributed by atoms with Crippen molar-refractivity contribution in [3.05, 3.63) is 54.1 Å². The summed E-state index contributed by atoms with van der Waals surface area (Å²) in [6.45, 7) is 3.86. The molecule has 4 fully saturated rings. The van der Waals surface area contributed by atoms with E-state index in [0.29, 0.717) is 5.92 Å². The molecule has 4 heteroatoms. The van der Waals surface area contributed by atoms with Crippen molar-refractivity contribution in [2.45, 2.75) is 61.2 Å². The normalized spacial score (nSPS) is 31.5. The van der Waals surface area contributed by atoms with E-state index in [4.69, 9.17) is 9.47 Å². The molecule has 6 rings (SSSR count). The van der Waals surface area contributed by atoms with Crippen molar-refractivity contribution >= 4 is 17.7 Å². The molecular formula is C26H30O3S. The van der Waals surface area contributed by atoms with E-state index < -0.39 is 0 Å². The second kappa shape index (κ2) is 7.96. The van der Waals surface area contributed by atoms with Crippen LogP contribution in [-0.2, 0) is 14.9 Å². The van der Waals surface area contributed by atoms with Crippen LogP contribution in [0.3, 0.4) is 0 Å². The lowest BCUT2D eigenvalue weighted by atomic mass is 9.44. The second-order valence-corrected chi connectivity index (χ2v) is 10.6. The van der Waals surface area contributed by atoms with Crippen LogP contribution in [0.5, 0.6) is 5.75 Å². The van der Waals surface area contributed by atoms with Gasteiger partial charge in [-0.1, -0.05) is 49.0 Å². The van der Waals surface area contributed by atoms with Gasteiger partial charge in [0, 0.05) is 22.8 Å². The van der Waals surface area contributed by atoms with Crippen LogP contribution in [0.4, 0.5) is 0 Å². The van der Waals surface area contributed by atoms with E-state index in [1.165, 1.54) is 49.5 Å². The second-order valence-electron chi connectivity index (χ2n) is 9.50. The van der Waals surface area contributed by atoms with Gasteiger partial charge in [-0.3, -0.25) is 4.79 Å². The average molecular weight is 423 g/mol. The SMILES string of the molecule is CC(=O)OCOc1c(Sc2ccccc2)cccc1C12CC3CC(CC(C3)C1C)C2. The molecule has 0 amide bonds. The molecule has 30 heavy (non-hydrogen) atoms. The van der Waals surface area contributed by atoms with Crippen LogP contribution in [0.25, 0.3) is 0 Å². The van der Waals surface area contributed by atoms with Crippen LogP contribution in [0.15, 0.2) is 58.3 Å². The molecule has 3 unspecified atom stereocenters. The van der Waals surface area contributed by atoms with E-state index in [1.807, 2.05) is 6.07 Å². The number of hydrogen-bond acceptors (Lipinski definition) is 4. The number of para-hydroxylation sites is 1. The minimum atomic E-state index is -0.312. The largest absolute Gasteiger partial charge is 0.456 e. The molecule has 0 spiro atoms. The Labute approximate surface area is 183 Å². The highest BCUT2D eigenvalue weighted by Gasteiger charge is 2.56. The highest BCUT2D eigenvalue weighted by Crippen LogP contribution is 2.65. The summed E-state index contributed by atoms with van der Waals surface area (Å²) in [6, 6.07) is 17.0. The monoisotopic (exact) mass is 422 g/mol. The van der Waals surface area contributed by atoms with Gasteiger partial charge in [0.05, 0.1) is 4.90 Å². The Hall–Kier alpha value is -1.94. The third-order valence-electron chi connectivity index (χ3n) is 7.78. The van der Waals surface area contributed by atoms with Crippen LogP contribution in [0.2, 0.25) is 0 Å². The van der Waals surface area contributed by atoms with Gasteiger partial charge < -0.3 is 9.47 Å². The minimum absolute atomic E-state index is 0.0323. The number of hydrogen-bond donors (Lipinski definition) is 0. The Morgan fingerprint density at radius 2 is 1.77 bits per heavy atom. The molecule has 3 atom stereocenters. The summed E-state index contributed by atoms with van der Waals surface area (Å²) in [5.41, 5.74) is 1.52. The fourth-order valence-corrected chi connectivity index (χ4v) is 7.64. The smallest absolute Gasteiger partial charge is 0.305 e.